The molecule has 3 aromatic rings. The Morgan fingerprint density at radius 3 is 3.21 bits per heavy atom. The highest BCUT2D eigenvalue weighted by atomic mass is 32.1. The Bertz CT molecular complexity index is 775. The number of carbonyl (C=O) groups excluding carboxylic acids is 1. The first-order valence-electron chi connectivity index (χ1n) is 5.21. The van der Waals surface area contributed by atoms with Crippen molar-refractivity contribution in [1.29, 1.82) is 0 Å². The first-order valence-corrected chi connectivity index (χ1v) is 6.09. The summed E-state index contributed by atoms with van der Waals surface area (Å²) in [5.41, 5.74) is -0.434. The van der Waals surface area contributed by atoms with E-state index in [-0.39, 0.29) is 12.1 Å². The molecule has 3 aromatic heterocycles. The molecule has 0 aliphatic carbocycles. The van der Waals surface area contributed by atoms with Gasteiger partial charge in [0.15, 0.2) is 10.8 Å². The molecule has 0 aromatic carbocycles. The zero-order valence-electron chi connectivity index (χ0n) is 9.40. The largest absolute Gasteiger partial charge is 0.344 e. The molecule has 96 valence electrons. The molecule has 19 heavy (non-hydrogen) atoms. The van der Waals surface area contributed by atoms with Crippen LogP contribution in [0.5, 0.6) is 0 Å². The van der Waals surface area contributed by atoms with Gasteiger partial charge in [-0.3, -0.25) is 14.0 Å². The topological polar surface area (TPSA) is 118 Å². The van der Waals surface area contributed by atoms with Gasteiger partial charge in [-0.25, -0.2) is 4.98 Å². The van der Waals surface area contributed by atoms with Crippen LogP contribution >= 0.6 is 11.3 Å². The Hall–Kier alpha value is -2.62. The maximum absolute atomic E-state index is 12.0. The van der Waals surface area contributed by atoms with Crippen molar-refractivity contribution in [2.45, 2.75) is 6.54 Å². The van der Waals surface area contributed by atoms with Gasteiger partial charge >= 0.3 is 0 Å². The van der Waals surface area contributed by atoms with Crippen molar-refractivity contribution >= 4 is 22.2 Å². The van der Waals surface area contributed by atoms with Crippen LogP contribution in [0, 0.1) is 0 Å². The van der Waals surface area contributed by atoms with E-state index in [0.29, 0.717) is 10.8 Å². The van der Waals surface area contributed by atoms with E-state index in [1.807, 2.05) is 0 Å². The van der Waals surface area contributed by atoms with E-state index < -0.39 is 11.5 Å². The van der Waals surface area contributed by atoms with Crippen molar-refractivity contribution in [2.75, 3.05) is 0 Å². The summed E-state index contributed by atoms with van der Waals surface area (Å²) >= 11 is 1.32. The van der Waals surface area contributed by atoms with Crippen molar-refractivity contribution < 1.29 is 4.79 Å². The van der Waals surface area contributed by atoms with Crippen molar-refractivity contribution in [3.05, 3.63) is 39.5 Å². The number of fused-ring (bicyclic) bond motifs is 1. The Morgan fingerprint density at radius 2 is 2.42 bits per heavy atom. The number of hydrogen-bond acceptors (Lipinski definition) is 7. The molecule has 10 heteroatoms. The molecule has 0 unspecified atom stereocenters. The average molecular weight is 277 g/mol. The van der Waals surface area contributed by atoms with Gasteiger partial charge in [-0.1, -0.05) is 5.21 Å². The van der Waals surface area contributed by atoms with Crippen LogP contribution in [0.4, 0.5) is 0 Å². The second-order valence-corrected chi connectivity index (χ2v) is 4.42. The molecule has 3 heterocycles. The molecule has 0 saturated heterocycles. The van der Waals surface area contributed by atoms with E-state index in [0.717, 1.165) is 0 Å². The maximum Gasteiger partial charge on any atom is 0.271 e. The normalized spacial score (nSPS) is 10.7. The third-order valence-corrected chi connectivity index (χ3v) is 3.15. The van der Waals surface area contributed by atoms with E-state index in [4.69, 9.17) is 0 Å². The summed E-state index contributed by atoms with van der Waals surface area (Å²) in [6, 6.07) is 0. The van der Waals surface area contributed by atoms with Crippen LogP contribution in [0.25, 0.3) is 4.96 Å². The molecule has 0 spiro atoms. The monoisotopic (exact) mass is 277 g/mol. The van der Waals surface area contributed by atoms with Crippen LogP contribution < -0.4 is 10.9 Å². The zero-order chi connectivity index (χ0) is 13.2. The average Bonchev–Trinajstić information content (AvgIpc) is 3.07. The van der Waals surface area contributed by atoms with Gasteiger partial charge in [-0.15, -0.1) is 21.5 Å². The highest BCUT2D eigenvalue weighted by Crippen LogP contribution is 2.05. The number of aromatic amines is 1. The van der Waals surface area contributed by atoms with Crippen LogP contribution in [0.1, 0.15) is 16.2 Å². The second kappa shape index (κ2) is 4.57. The van der Waals surface area contributed by atoms with Gasteiger partial charge in [0, 0.05) is 17.8 Å². The first-order chi connectivity index (χ1) is 9.25. The van der Waals surface area contributed by atoms with Crippen molar-refractivity contribution in [1.82, 2.24) is 35.3 Å². The fraction of sp³-hybridized carbons (Fsp3) is 0.111. The summed E-state index contributed by atoms with van der Waals surface area (Å²) in [6.45, 7) is 0.0844. The number of carbonyl (C=O) groups is 1. The molecule has 0 aliphatic rings. The SMILES string of the molecule is O=C(NCc1nn[nH]n1)c1cnc2sccn2c1=O. The molecule has 9 nitrogen and oxygen atoms in total. The van der Waals surface area contributed by atoms with Gasteiger partial charge in [-0.2, -0.15) is 5.21 Å². The summed E-state index contributed by atoms with van der Waals surface area (Å²) in [5.74, 6) is -0.194. The smallest absolute Gasteiger partial charge is 0.271 e. The van der Waals surface area contributed by atoms with Gasteiger partial charge < -0.3 is 5.32 Å². The molecule has 0 atom stereocenters. The molecule has 0 aliphatic heterocycles. The number of H-pyrrole nitrogens is 1. The quantitative estimate of drug-likeness (QED) is 0.647. The molecule has 2 N–H and O–H groups in total. The summed E-state index contributed by atoms with van der Waals surface area (Å²) in [4.78, 5) is 28.5. The highest BCUT2D eigenvalue weighted by molar-refractivity contribution is 7.15. The summed E-state index contributed by atoms with van der Waals surface area (Å²) in [5, 5.41) is 17.3. The molecule has 1 amide bonds. The Kier molecular flexibility index (Phi) is 2.76. The molecule has 0 radical (unpaired) electrons. The third-order valence-electron chi connectivity index (χ3n) is 2.38. The van der Waals surface area contributed by atoms with Gasteiger partial charge in [0.05, 0.1) is 6.54 Å². The minimum atomic E-state index is -0.525. The minimum absolute atomic E-state index is 0.0283. The molecule has 0 saturated carbocycles. The molecular weight excluding hydrogens is 270 g/mol. The Morgan fingerprint density at radius 1 is 1.53 bits per heavy atom. The van der Waals surface area contributed by atoms with E-state index in [2.05, 4.69) is 30.9 Å². The lowest BCUT2D eigenvalue weighted by Crippen LogP contribution is -2.31. The van der Waals surface area contributed by atoms with Crippen LogP contribution in [-0.4, -0.2) is 35.9 Å². The van der Waals surface area contributed by atoms with Crippen LogP contribution in [-0.2, 0) is 6.54 Å². The second-order valence-electron chi connectivity index (χ2n) is 3.54. The van der Waals surface area contributed by atoms with Crippen molar-refractivity contribution in [3.8, 4) is 0 Å². The Labute approximate surface area is 109 Å². The number of thiazole rings is 1. The summed E-state index contributed by atoms with van der Waals surface area (Å²) in [6.07, 6.45) is 2.84. The fourth-order valence-corrected chi connectivity index (χ4v) is 2.17. The lowest BCUT2D eigenvalue weighted by Gasteiger charge is -2.01. The molecule has 0 bridgehead atoms. The standard InChI is InChI=1S/C9H7N7O2S/c17-7(10-4-6-12-14-15-13-6)5-3-11-9-16(8(5)18)1-2-19-9/h1-3H,4H2,(H,10,17)(H,12,13,14,15). The van der Waals surface area contributed by atoms with E-state index in [1.165, 1.54) is 21.9 Å². The lowest BCUT2D eigenvalue weighted by molar-refractivity contribution is 0.0948. The number of tetrazole rings is 1. The van der Waals surface area contributed by atoms with Crippen LogP contribution in [0.2, 0.25) is 0 Å². The molecular formula is C9H7N7O2S. The van der Waals surface area contributed by atoms with Gasteiger partial charge in [0.1, 0.15) is 5.56 Å². The molecule has 3 rings (SSSR count). The first kappa shape index (κ1) is 11.5. The van der Waals surface area contributed by atoms with Gasteiger partial charge in [0.25, 0.3) is 11.5 Å². The Balaban J connectivity index is 1.85. The summed E-state index contributed by atoms with van der Waals surface area (Å²) < 4.78 is 1.33. The summed E-state index contributed by atoms with van der Waals surface area (Å²) in [7, 11) is 0. The fourth-order valence-electron chi connectivity index (χ4n) is 1.49. The highest BCUT2D eigenvalue weighted by Gasteiger charge is 2.14. The van der Waals surface area contributed by atoms with Crippen LogP contribution in [0.3, 0.4) is 0 Å². The van der Waals surface area contributed by atoms with E-state index >= 15 is 0 Å². The van der Waals surface area contributed by atoms with Crippen molar-refractivity contribution in [2.24, 2.45) is 0 Å². The lowest BCUT2D eigenvalue weighted by atomic mass is 10.3. The number of rotatable bonds is 3. The minimum Gasteiger partial charge on any atom is -0.344 e. The van der Waals surface area contributed by atoms with E-state index in [9.17, 15) is 9.59 Å². The van der Waals surface area contributed by atoms with Crippen molar-refractivity contribution in [3.63, 3.8) is 0 Å². The van der Waals surface area contributed by atoms with Gasteiger partial charge in [-0.05, 0) is 0 Å². The number of amides is 1. The third kappa shape index (κ3) is 2.08. The molecule has 0 fully saturated rings. The number of nitrogens with one attached hydrogen (secondary N) is 2. The predicted molar refractivity (Wildman–Crippen MR) is 64.7 cm³/mol. The van der Waals surface area contributed by atoms with E-state index in [1.54, 1.807) is 11.6 Å². The maximum atomic E-state index is 12.0. The number of hydrogen-bond donors (Lipinski definition) is 2. The number of nitrogens with zero attached hydrogens (tertiary/aromatic N) is 5. The van der Waals surface area contributed by atoms with Gasteiger partial charge in [0.2, 0.25) is 0 Å². The number of aromatic nitrogens is 6. The van der Waals surface area contributed by atoms with Crippen LogP contribution in [0.15, 0.2) is 22.6 Å². The predicted octanol–water partition coefficient (Wildman–Crippen LogP) is -0.801. The zero-order valence-corrected chi connectivity index (χ0v) is 10.2.